The van der Waals surface area contributed by atoms with Crippen molar-refractivity contribution in [2.75, 3.05) is 17.2 Å². The minimum atomic E-state index is -0.839. The van der Waals surface area contributed by atoms with Gasteiger partial charge in [-0.05, 0) is 24.0 Å². The van der Waals surface area contributed by atoms with Crippen LogP contribution in [0.1, 0.15) is 12.5 Å². The molecule has 0 saturated heterocycles. The number of aromatic nitrogens is 2. The van der Waals surface area contributed by atoms with E-state index in [-0.39, 0.29) is 5.75 Å². The number of para-hydroxylation sites is 1. The zero-order valence-corrected chi connectivity index (χ0v) is 13.2. The first kappa shape index (κ1) is 14.3. The summed E-state index contributed by atoms with van der Waals surface area (Å²) < 4.78 is 0.697. The van der Waals surface area contributed by atoms with Gasteiger partial charge in [0.1, 0.15) is 0 Å². The maximum absolute atomic E-state index is 10.6. The predicted octanol–water partition coefficient (Wildman–Crippen LogP) is 3.05. The van der Waals surface area contributed by atoms with Gasteiger partial charge in [-0.25, -0.2) is 0 Å². The van der Waals surface area contributed by atoms with Gasteiger partial charge in [-0.3, -0.25) is 4.79 Å². The minimum Gasteiger partial charge on any atom is -0.481 e. The van der Waals surface area contributed by atoms with Crippen molar-refractivity contribution in [3.63, 3.8) is 0 Å². The monoisotopic (exact) mass is 321 g/mol. The van der Waals surface area contributed by atoms with E-state index in [1.807, 2.05) is 6.07 Å². The first-order chi connectivity index (χ1) is 10.1. The molecule has 1 unspecified atom stereocenters. The largest absolute Gasteiger partial charge is 0.481 e. The number of benzene rings is 1. The van der Waals surface area contributed by atoms with Crippen LogP contribution >= 0.6 is 23.1 Å². The molecule has 0 radical (unpaired) electrons. The molecule has 1 aliphatic rings. The summed E-state index contributed by atoms with van der Waals surface area (Å²) in [6.07, 6.45) is 1.08. The van der Waals surface area contributed by atoms with Crippen molar-refractivity contribution >= 4 is 39.9 Å². The second-order valence-corrected chi connectivity index (χ2v) is 7.26. The molecule has 0 spiro atoms. The topological polar surface area (TPSA) is 66.3 Å². The molecule has 1 aromatic carbocycles. The summed E-state index contributed by atoms with van der Waals surface area (Å²) in [5.41, 5.74) is 2.51. The third-order valence-corrected chi connectivity index (χ3v) is 5.36. The highest BCUT2D eigenvalue weighted by Gasteiger charge is 2.25. The van der Waals surface area contributed by atoms with E-state index in [4.69, 9.17) is 5.11 Å². The fourth-order valence-electron chi connectivity index (χ4n) is 2.47. The summed E-state index contributed by atoms with van der Waals surface area (Å²) in [6, 6.07) is 8.35. The molecular weight excluding hydrogens is 306 g/mol. The van der Waals surface area contributed by atoms with Crippen molar-refractivity contribution in [2.45, 2.75) is 17.7 Å². The van der Waals surface area contributed by atoms with Gasteiger partial charge in [-0.1, -0.05) is 48.2 Å². The Morgan fingerprint density at radius 2 is 2.29 bits per heavy atom. The highest BCUT2D eigenvalue weighted by atomic mass is 32.2. The average molecular weight is 321 g/mol. The lowest BCUT2D eigenvalue weighted by Gasteiger charge is -2.32. The van der Waals surface area contributed by atoms with Gasteiger partial charge in [-0.2, -0.15) is 0 Å². The molecule has 1 aliphatic heterocycles. The molecule has 0 fully saturated rings. The van der Waals surface area contributed by atoms with Crippen molar-refractivity contribution in [3.05, 3.63) is 29.8 Å². The summed E-state index contributed by atoms with van der Waals surface area (Å²) in [5.74, 6) is -0.269. The highest BCUT2D eigenvalue weighted by Crippen LogP contribution is 2.38. The van der Waals surface area contributed by atoms with Crippen LogP contribution < -0.4 is 4.90 Å². The Balaban J connectivity index is 1.85. The molecule has 1 aromatic heterocycles. The van der Waals surface area contributed by atoms with E-state index < -0.39 is 5.97 Å². The third-order valence-electron chi connectivity index (χ3n) is 3.29. The molecule has 0 aliphatic carbocycles. The molecular formula is C14H15N3O2S2. The van der Waals surface area contributed by atoms with Crippen LogP contribution in [0.5, 0.6) is 0 Å². The highest BCUT2D eigenvalue weighted by molar-refractivity contribution is 8.01. The van der Waals surface area contributed by atoms with Gasteiger partial charge in [0.15, 0.2) is 4.34 Å². The molecule has 3 rings (SSSR count). The van der Waals surface area contributed by atoms with Crippen molar-refractivity contribution in [3.8, 4) is 0 Å². The molecule has 2 heterocycles. The number of anilines is 2. The molecule has 0 saturated carbocycles. The van der Waals surface area contributed by atoms with E-state index >= 15 is 0 Å². The van der Waals surface area contributed by atoms with E-state index in [1.54, 1.807) is 0 Å². The first-order valence-electron chi connectivity index (χ1n) is 6.67. The van der Waals surface area contributed by atoms with Gasteiger partial charge in [0.2, 0.25) is 5.13 Å². The summed E-state index contributed by atoms with van der Waals surface area (Å²) in [6.45, 7) is 3.14. The number of carboxylic acid groups (broad SMARTS) is 1. The van der Waals surface area contributed by atoms with Crippen LogP contribution in [0.4, 0.5) is 10.8 Å². The van der Waals surface area contributed by atoms with Crippen LogP contribution in [-0.4, -0.2) is 33.6 Å². The normalized spacial score (nSPS) is 17.6. The Morgan fingerprint density at radius 1 is 1.48 bits per heavy atom. The Kier molecular flexibility index (Phi) is 4.12. The Bertz CT molecular complexity index is 659. The van der Waals surface area contributed by atoms with Crippen LogP contribution in [0, 0.1) is 5.92 Å². The maximum atomic E-state index is 10.6. The lowest BCUT2D eigenvalue weighted by molar-refractivity contribution is -0.133. The fraction of sp³-hybridized carbons (Fsp3) is 0.357. The summed E-state index contributed by atoms with van der Waals surface area (Å²) in [4.78, 5) is 12.8. The third kappa shape index (κ3) is 3.19. The second kappa shape index (κ2) is 6.03. The van der Waals surface area contributed by atoms with Crippen LogP contribution in [0.3, 0.4) is 0 Å². The zero-order valence-electron chi connectivity index (χ0n) is 11.5. The van der Waals surface area contributed by atoms with Gasteiger partial charge in [-0.15, -0.1) is 10.2 Å². The lowest BCUT2D eigenvalue weighted by atomic mass is 9.94. The van der Waals surface area contributed by atoms with Crippen LogP contribution in [0.15, 0.2) is 28.6 Å². The maximum Gasteiger partial charge on any atom is 0.313 e. The van der Waals surface area contributed by atoms with E-state index in [9.17, 15) is 4.79 Å². The number of hydrogen-bond acceptors (Lipinski definition) is 6. The van der Waals surface area contributed by atoms with Crippen LogP contribution in [0.2, 0.25) is 0 Å². The van der Waals surface area contributed by atoms with Gasteiger partial charge >= 0.3 is 5.97 Å². The Labute approximate surface area is 131 Å². The zero-order chi connectivity index (χ0) is 14.8. The number of carbonyl (C=O) groups is 1. The number of fused-ring (bicyclic) bond motifs is 1. The number of rotatable bonds is 4. The quantitative estimate of drug-likeness (QED) is 0.873. The van der Waals surface area contributed by atoms with Gasteiger partial charge in [0.05, 0.1) is 5.75 Å². The molecule has 0 bridgehead atoms. The fourth-order valence-corrected chi connectivity index (χ4v) is 4.06. The second-order valence-electron chi connectivity index (χ2n) is 5.08. The average Bonchev–Trinajstić information content (AvgIpc) is 2.93. The molecule has 1 atom stereocenters. The van der Waals surface area contributed by atoms with E-state index in [2.05, 4.69) is 40.2 Å². The number of hydrogen-bond donors (Lipinski definition) is 1. The van der Waals surface area contributed by atoms with Gasteiger partial charge in [0.25, 0.3) is 0 Å². The minimum absolute atomic E-state index is 0.0155. The molecule has 21 heavy (non-hydrogen) atoms. The number of carboxylic acids is 1. The number of nitrogens with zero attached hydrogens (tertiary/aromatic N) is 3. The summed E-state index contributed by atoms with van der Waals surface area (Å²) >= 11 is 2.66. The number of aliphatic carboxylic acids is 1. The SMILES string of the molecule is CC1Cc2ccccc2N(c2nnc(SCC(=O)O)s2)C1. The molecule has 7 heteroatoms. The Hall–Kier alpha value is -1.60. The molecule has 2 aromatic rings. The van der Waals surface area contributed by atoms with Gasteiger partial charge < -0.3 is 10.0 Å². The molecule has 0 amide bonds. The van der Waals surface area contributed by atoms with E-state index in [1.165, 1.54) is 34.3 Å². The van der Waals surface area contributed by atoms with Crippen molar-refractivity contribution < 1.29 is 9.90 Å². The van der Waals surface area contributed by atoms with E-state index in [0.29, 0.717) is 10.3 Å². The van der Waals surface area contributed by atoms with Crippen LogP contribution in [-0.2, 0) is 11.2 Å². The van der Waals surface area contributed by atoms with Crippen molar-refractivity contribution in [1.82, 2.24) is 10.2 Å². The smallest absolute Gasteiger partial charge is 0.313 e. The summed E-state index contributed by atoms with van der Waals surface area (Å²) in [7, 11) is 0. The standard InChI is InChI=1S/C14H15N3O2S2/c1-9-6-10-4-2-3-5-11(10)17(7-9)13-15-16-14(21-13)20-8-12(18)19/h2-5,9H,6-8H2,1H3,(H,18,19). The molecule has 1 N–H and O–H groups in total. The molecule has 5 nitrogen and oxygen atoms in total. The predicted molar refractivity (Wildman–Crippen MR) is 84.6 cm³/mol. The first-order valence-corrected chi connectivity index (χ1v) is 8.47. The Morgan fingerprint density at radius 3 is 3.10 bits per heavy atom. The van der Waals surface area contributed by atoms with Crippen molar-refractivity contribution in [2.24, 2.45) is 5.92 Å². The van der Waals surface area contributed by atoms with Crippen molar-refractivity contribution in [1.29, 1.82) is 0 Å². The van der Waals surface area contributed by atoms with E-state index in [0.717, 1.165) is 18.1 Å². The van der Waals surface area contributed by atoms with Crippen LogP contribution in [0.25, 0.3) is 0 Å². The summed E-state index contributed by atoms with van der Waals surface area (Å²) in [5, 5.41) is 17.9. The lowest BCUT2D eigenvalue weighted by Crippen LogP contribution is -2.30. The van der Waals surface area contributed by atoms with Gasteiger partial charge in [0, 0.05) is 12.2 Å². The number of thioether (sulfide) groups is 1. The molecule has 110 valence electrons.